The van der Waals surface area contributed by atoms with E-state index in [2.05, 4.69) is 52.3 Å². The number of nitrogens with one attached hydrogen (secondary N) is 1. The van der Waals surface area contributed by atoms with Crippen molar-refractivity contribution in [3.8, 4) is 5.75 Å². The van der Waals surface area contributed by atoms with E-state index in [1.54, 1.807) is 11.8 Å². The van der Waals surface area contributed by atoms with Gasteiger partial charge >= 0.3 is 0 Å². The van der Waals surface area contributed by atoms with Crippen LogP contribution in [0.3, 0.4) is 0 Å². The number of fused-ring (bicyclic) bond motifs is 1. The van der Waals surface area contributed by atoms with Gasteiger partial charge in [-0.25, -0.2) is 0 Å². The van der Waals surface area contributed by atoms with Crippen LogP contribution in [0.2, 0.25) is 0 Å². The summed E-state index contributed by atoms with van der Waals surface area (Å²) in [5, 5.41) is 15.3. The fourth-order valence-electron chi connectivity index (χ4n) is 4.25. The largest absolute Gasteiger partial charge is 0.633 e. The minimum atomic E-state index is -0.721. The maximum Gasteiger partial charge on any atom is 0.182 e. The molecule has 5 heteroatoms. The van der Waals surface area contributed by atoms with Gasteiger partial charge in [0.05, 0.1) is 12.2 Å². The van der Waals surface area contributed by atoms with Crippen LogP contribution in [-0.2, 0) is 11.3 Å². The third kappa shape index (κ3) is 4.70. The van der Waals surface area contributed by atoms with Gasteiger partial charge in [0.15, 0.2) is 4.87 Å². The van der Waals surface area contributed by atoms with Crippen molar-refractivity contribution in [2.24, 2.45) is 0 Å². The Labute approximate surface area is 197 Å². The van der Waals surface area contributed by atoms with Crippen molar-refractivity contribution in [3.05, 3.63) is 101 Å². The van der Waals surface area contributed by atoms with E-state index < -0.39 is 4.87 Å². The molecule has 0 saturated carbocycles. The number of quaternary nitrogens is 1. The minimum absolute atomic E-state index is 0.164. The zero-order valence-corrected chi connectivity index (χ0v) is 20.1. The van der Waals surface area contributed by atoms with E-state index in [0.717, 1.165) is 40.6 Å². The fraction of sp³-hybridized carbons (Fsp3) is 0.308. The van der Waals surface area contributed by atoms with Crippen LogP contribution in [0, 0.1) is 5.21 Å². The highest BCUT2D eigenvalue weighted by Crippen LogP contribution is 2.48. The first-order valence-corrected chi connectivity index (χ1v) is 12.7. The highest BCUT2D eigenvalue weighted by molar-refractivity contribution is 9.09. The van der Waals surface area contributed by atoms with Crippen molar-refractivity contribution >= 4 is 27.7 Å². The third-order valence-corrected chi connectivity index (χ3v) is 7.93. The summed E-state index contributed by atoms with van der Waals surface area (Å²) in [6.45, 7) is 2.69. The molecular formula is C26H28BrNO2S. The molecule has 0 radical (unpaired) electrons. The van der Waals surface area contributed by atoms with Crippen LogP contribution in [0.25, 0.3) is 0 Å². The number of thioether (sulfide) groups is 1. The van der Waals surface area contributed by atoms with E-state index in [4.69, 9.17) is 4.74 Å². The predicted molar refractivity (Wildman–Crippen MR) is 132 cm³/mol. The van der Waals surface area contributed by atoms with Crippen molar-refractivity contribution in [3.63, 3.8) is 0 Å². The topological polar surface area (TPSA) is 36.7 Å². The van der Waals surface area contributed by atoms with Crippen LogP contribution in [0.15, 0.2) is 83.8 Å². The Kier molecular flexibility index (Phi) is 7.39. The standard InChI is InChI=1S/C26H28BrNO2S/c1-20-22-13-5-8-16-25(22)31-26(28(20)29,19-21-11-3-2-4-12-21)23-14-6-7-15-24(23)30-18-10-9-17-27/h2-8,11-16,20,28H,9-10,17-19H2,1H3. The zero-order valence-electron chi connectivity index (χ0n) is 17.7. The number of hydrogen-bond donors (Lipinski definition) is 1. The first-order chi connectivity index (χ1) is 15.2. The molecule has 4 rings (SSSR count). The molecule has 0 spiro atoms. The Morgan fingerprint density at radius 2 is 1.68 bits per heavy atom. The molecule has 0 fully saturated rings. The number of benzene rings is 3. The number of halogens is 1. The Morgan fingerprint density at radius 3 is 2.48 bits per heavy atom. The number of hydroxylamine groups is 2. The second kappa shape index (κ2) is 10.2. The lowest BCUT2D eigenvalue weighted by Crippen LogP contribution is -3.15. The van der Waals surface area contributed by atoms with E-state index in [0.29, 0.717) is 13.0 Å². The van der Waals surface area contributed by atoms with E-state index in [-0.39, 0.29) is 11.1 Å². The van der Waals surface area contributed by atoms with Crippen molar-refractivity contribution in [1.29, 1.82) is 0 Å². The van der Waals surface area contributed by atoms with Gasteiger partial charge < -0.3 is 15.0 Å². The van der Waals surface area contributed by atoms with Gasteiger partial charge in [-0.3, -0.25) is 0 Å². The molecule has 1 aliphatic rings. The molecule has 3 unspecified atom stereocenters. The Balaban J connectivity index is 1.80. The first kappa shape index (κ1) is 22.4. The summed E-state index contributed by atoms with van der Waals surface area (Å²) in [7, 11) is 0. The SMILES string of the molecule is CC1c2ccccc2SC(Cc2ccccc2)(c2ccccc2OCCCCBr)[NH+]1[O-]. The Bertz CT molecular complexity index is 999. The number of rotatable bonds is 8. The monoisotopic (exact) mass is 497 g/mol. The minimum Gasteiger partial charge on any atom is -0.633 e. The van der Waals surface area contributed by atoms with Crippen molar-refractivity contribution in [2.75, 3.05) is 11.9 Å². The summed E-state index contributed by atoms with van der Waals surface area (Å²) in [5.74, 6) is 0.820. The summed E-state index contributed by atoms with van der Waals surface area (Å²) in [4.78, 5) is 0.459. The zero-order chi connectivity index (χ0) is 21.7. The number of alkyl halides is 1. The lowest BCUT2D eigenvalue weighted by atomic mass is 9.94. The first-order valence-electron chi connectivity index (χ1n) is 10.8. The van der Waals surface area contributed by atoms with Gasteiger partial charge in [0, 0.05) is 22.2 Å². The lowest BCUT2D eigenvalue weighted by molar-refractivity contribution is -0.925. The van der Waals surface area contributed by atoms with E-state index in [9.17, 15) is 5.21 Å². The number of para-hydroxylation sites is 1. The molecule has 0 aromatic heterocycles. The average molecular weight is 498 g/mol. The summed E-state index contributed by atoms with van der Waals surface area (Å²) in [6, 6.07) is 26.6. The van der Waals surface area contributed by atoms with Gasteiger partial charge in [-0.15, -0.1) is 0 Å². The second-order valence-corrected chi connectivity index (χ2v) is 10.1. The molecule has 0 bridgehead atoms. The molecule has 0 aliphatic carbocycles. The van der Waals surface area contributed by atoms with Crippen molar-refractivity contribution in [2.45, 2.75) is 42.0 Å². The maximum atomic E-state index is 14.1. The summed E-state index contributed by atoms with van der Waals surface area (Å²) in [5.41, 5.74) is 3.26. The normalized spacial score (nSPS) is 22.7. The Morgan fingerprint density at radius 1 is 0.968 bits per heavy atom. The number of hydrogen-bond acceptors (Lipinski definition) is 3. The molecule has 3 aromatic carbocycles. The third-order valence-electron chi connectivity index (χ3n) is 5.86. The highest BCUT2D eigenvalue weighted by atomic mass is 79.9. The van der Waals surface area contributed by atoms with E-state index in [1.165, 1.54) is 4.90 Å². The molecule has 1 heterocycles. The molecule has 0 amide bonds. The quantitative estimate of drug-likeness (QED) is 0.239. The average Bonchev–Trinajstić information content (AvgIpc) is 2.81. The number of ether oxygens (including phenoxy) is 1. The van der Waals surface area contributed by atoms with Crippen LogP contribution in [-0.4, -0.2) is 11.9 Å². The van der Waals surface area contributed by atoms with Crippen LogP contribution in [0.1, 0.15) is 42.5 Å². The van der Waals surface area contributed by atoms with Crippen molar-refractivity contribution in [1.82, 2.24) is 0 Å². The van der Waals surface area contributed by atoms with Crippen LogP contribution < -0.4 is 9.80 Å². The van der Waals surface area contributed by atoms with Gasteiger partial charge in [0.2, 0.25) is 0 Å². The molecule has 3 nitrogen and oxygen atoms in total. The molecule has 31 heavy (non-hydrogen) atoms. The van der Waals surface area contributed by atoms with Gasteiger partial charge in [-0.2, -0.15) is 0 Å². The predicted octanol–water partition coefficient (Wildman–Crippen LogP) is 5.89. The number of unbranched alkanes of at least 4 members (excludes halogenated alkanes) is 1. The summed E-state index contributed by atoms with van der Waals surface area (Å²) >= 11 is 5.17. The van der Waals surface area contributed by atoms with Crippen LogP contribution >= 0.6 is 27.7 Å². The lowest BCUT2D eigenvalue weighted by Gasteiger charge is -2.50. The van der Waals surface area contributed by atoms with E-state index >= 15 is 0 Å². The molecule has 162 valence electrons. The van der Waals surface area contributed by atoms with Gasteiger partial charge in [-0.05, 0) is 43.5 Å². The maximum absolute atomic E-state index is 14.1. The summed E-state index contributed by atoms with van der Waals surface area (Å²) < 4.78 is 6.24. The second-order valence-electron chi connectivity index (χ2n) is 7.96. The smallest absolute Gasteiger partial charge is 0.182 e. The van der Waals surface area contributed by atoms with Gasteiger partial charge in [-0.1, -0.05) is 88.4 Å². The molecule has 0 saturated heterocycles. The van der Waals surface area contributed by atoms with Gasteiger partial charge in [0.25, 0.3) is 0 Å². The summed E-state index contributed by atoms with van der Waals surface area (Å²) in [6.07, 6.45) is 2.68. The van der Waals surface area contributed by atoms with Gasteiger partial charge in [0.1, 0.15) is 11.8 Å². The molecule has 3 atom stereocenters. The van der Waals surface area contributed by atoms with E-state index in [1.807, 2.05) is 49.4 Å². The van der Waals surface area contributed by atoms with Crippen molar-refractivity contribution < 1.29 is 9.80 Å². The Hall–Kier alpha value is -1.79. The molecule has 1 aliphatic heterocycles. The fourth-order valence-corrected chi connectivity index (χ4v) is 6.33. The molecule has 3 aromatic rings. The van der Waals surface area contributed by atoms with Crippen LogP contribution in [0.5, 0.6) is 5.75 Å². The highest BCUT2D eigenvalue weighted by Gasteiger charge is 2.48. The van der Waals surface area contributed by atoms with Crippen LogP contribution in [0.4, 0.5) is 0 Å². The molecular weight excluding hydrogens is 470 g/mol. The molecule has 1 N–H and O–H groups in total.